The summed E-state index contributed by atoms with van der Waals surface area (Å²) in [4.78, 5) is 14.2. The number of hydrogen-bond donors (Lipinski definition) is 0. The predicted molar refractivity (Wildman–Crippen MR) is 85.4 cm³/mol. The molecule has 0 N–H and O–H groups in total. The molecule has 120 valence electrons. The van der Waals surface area contributed by atoms with Crippen molar-refractivity contribution in [3.05, 3.63) is 29.3 Å². The van der Waals surface area contributed by atoms with Crippen LogP contribution in [0, 0.1) is 5.92 Å². The van der Waals surface area contributed by atoms with E-state index in [1.807, 2.05) is 18.2 Å². The minimum absolute atomic E-state index is 0.103. The van der Waals surface area contributed by atoms with Crippen LogP contribution in [0.4, 0.5) is 0 Å². The summed E-state index contributed by atoms with van der Waals surface area (Å²) in [6.45, 7) is 5.32. The van der Waals surface area contributed by atoms with Crippen molar-refractivity contribution in [3.8, 4) is 5.75 Å². The molecule has 0 spiro atoms. The number of hydrogen-bond acceptors (Lipinski definition) is 4. The Morgan fingerprint density at radius 3 is 2.77 bits per heavy atom. The van der Waals surface area contributed by atoms with Crippen LogP contribution in [0.3, 0.4) is 0 Å². The molecule has 4 heteroatoms. The first-order chi connectivity index (χ1) is 10.7. The Bertz CT molecular complexity index is 533. The summed E-state index contributed by atoms with van der Waals surface area (Å²) in [6, 6.07) is 6.43. The van der Waals surface area contributed by atoms with Gasteiger partial charge >= 0.3 is 0 Å². The molecule has 1 atom stereocenters. The standard InChI is InChI=1S/C18H25NO3/c1-13(20)15-3-6-18(21-2)16(9-15)11-19(17-4-5-17)10-14-7-8-22-12-14/h3,6,9,14,17H,4-5,7-8,10-12H2,1-2H3. The van der Waals surface area contributed by atoms with Crippen LogP contribution >= 0.6 is 0 Å². The predicted octanol–water partition coefficient (Wildman–Crippen LogP) is 2.90. The maximum atomic E-state index is 11.6. The maximum Gasteiger partial charge on any atom is 0.159 e. The van der Waals surface area contributed by atoms with Gasteiger partial charge in [0, 0.05) is 36.9 Å². The Kier molecular flexibility index (Phi) is 4.79. The number of Topliss-reactive ketones (excluding diaryl/α,β-unsaturated/α-hetero) is 1. The minimum Gasteiger partial charge on any atom is -0.496 e. The highest BCUT2D eigenvalue weighted by Crippen LogP contribution is 2.32. The zero-order chi connectivity index (χ0) is 15.5. The lowest BCUT2D eigenvalue weighted by Gasteiger charge is -2.26. The van der Waals surface area contributed by atoms with E-state index >= 15 is 0 Å². The highest BCUT2D eigenvalue weighted by molar-refractivity contribution is 5.94. The average molecular weight is 303 g/mol. The lowest BCUT2D eigenvalue weighted by Crippen LogP contribution is -2.31. The first kappa shape index (κ1) is 15.5. The molecule has 0 aromatic heterocycles. The Hall–Kier alpha value is -1.39. The highest BCUT2D eigenvalue weighted by atomic mass is 16.5. The SMILES string of the molecule is COc1ccc(C(C)=O)cc1CN(CC1CCOC1)C1CC1. The number of carbonyl (C=O) groups is 1. The van der Waals surface area contributed by atoms with Crippen molar-refractivity contribution < 1.29 is 14.3 Å². The second-order valence-electron chi connectivity index (χ2n) is 6.47. The molecule has 1 aliphatic heterocycles. The Balaban J connectivity index is 1.75. The number of rotatable bonds is 7. The van der Waals surface area contributed by atoms with Gasteiger partial charge in [0.05, 0.1) is 13.7 Å². The van der Waals surface area contributed by atoms with Crippen molar-refractivity contribution in [1.82, 2.24) is 4.90 Å². The van der Waals surface area contributed by atoms with Crippen LogP contribution < -0.4 is 4.74 Å². The second-order valence-corrected chi connectivity index (χ2v) is 6.47. The first-order valence-corrected chi connectivity index (χ1v) is 8.17. The van der Waals surface area contributed by atoms with Crippen molar-refractivity contribution in [1.29, 1.82) is 0 Å². The summed E-state index contributed by atoms with van der Waals surface area (Å²) >= 11 is 0. The number of benzene rings is 1. The fourth-order valence-corrected chi connectivity index (χ4v) is 3.18. The topological polar surface area (TPSA) is 38.8 Å². The fraction of sp³-hybridized carbons (Fsp3) is 0.611. The molecule has 0 radical (unpaired) electrons. The van der Waals surface area contributed by atoms with E-state index in [4.69, 9.17) is 9.47 Å². The van der Waals surface area contributed by atoms with Gasteiger partial charge in [0.15, 0.2) is 5.78 Å². The quantitative estimate of drug-likeness (QED) is 0.726. The van der Waals surface area contributed by atoms with E-state index in [-0.39, 0.29) is 5.78 Å². The van der Waals surface area contributed by atoms with E-state index in [9.17, 15) is 4.79 Å². The summed E-state index contributed by atoms with van der Waals surface area (Å²) in [5, 5.41) is 0. The zero-order valence-corrected chi connectivity index (χ0v) is 13.5. The molecule has 1 heterocycles. The van der Waals surface area contributed by atoms with E-state index in [1.165, 1.54) is 12.8 Å². The van der Waals surface area contributed by atoms with E-state index in [2.05, 4.69) is 4.90 Å². The molecule has 2 fully saturated rings. The first-order valence-electron chi connectivity index (χ1n) is 8.17. The van der Waals surface area contributed by atoms with Crippen LogP contribution in [0.2, 0.25) is 0 Å². The Morgan fingerprint density at radius 2 is 2.18 bits per heavy atom. The van der Waals surface area contributed by atoms with Gasteiger partial charge in [0.1, 0.15) is 5.75 Å². The smallest absolute Gasteiger partial charge is 0.159 e. The molecule has 1 aliphatic carbocycles. The van der Waals surface area contributed by atoms with E-state index in [1.54, 1.807) is 14.0 Å². The number of nitrogens with zero attached hydrogens (tertiary/aromatic N) is 1. The summed E-state index contributed by atoms with van der Waals surface area (Å²) < 4.78 is 11.0. The molecule has 1 aromatic rings. The summed E-state index contributed by atoms with van der Waals surface area (Å²) in [7, 11) is 1.69. The number of ether oxygens (including phenoxy) is 2. The zero-order valence-electron chi connectivity index (χ0n) is 13.5. The van der Waals surface area contributed by atoms with Gasteiger partial charge in [-0.1, -0.05) is 0 Å². The van der Waals surface area contributed by atoms with Gasteiger partial charge in [-0.25, -0.2) is 0 Å². The normalized spacial score (nSPS) is 21.3. The van der Waals surface area contributed by atoms with Gasteiger partial charge in [-0.05, 0) is 50.3 Å². The van der Waals surface area contributed by atoms with Gasteiger partial charge in [-0.2, -0.15) is 0 Å². The van der Waals surface area contributed by atoms with Crippen LogP contribution in [0.25, 0.3) is 0 Å². The Morgan fingerprint density at radius 1 is 1.36 bits per heavy atom. The summed E-state index contributed by atoms with van der Waals surface area (Å²) in [6.07, 6.45) is 3.72. The monoisotopic (exact) mass is 303 g/mol. The molecule has 1 unspecified atom stereocenters. The van der Waals surface area contributed by atoms with Gasteiger partial charge < -0.3 is 9.47 Å². The molecule has 2 aliphatic rings. The third-order valence-electron chi connectivity index (χ3n) is 4.64. The molecule has 22 heavy (non-hydrogen) atoms. The van der Waals surface area contributed by atoms with Gasteiger partial charge in [-0.15, -0.1) is 0 Å². The molecule has 1 saturated heterocycles. The van der Waals surface area contributed by atoms with Crippen LogP contribution in [0.15, 0.2) is 18.2 Å². The van der Waals surface area contributed by atoms with E-state index in [0.717, 1.165) is 49.6 Å². The molecule has 1 saturated carbocycles. The molecule has 4 nitrogen and oxygen atoms in total. The van der Waals surface area contributed by atoms with Crippen molar-refractivity contribution in [2.24, 2.45) is 5.92 Å². The lowest BCUT2D eigenvalue weighted by atomic mass is 10.0. The Labute approximate surface area is 132 Å². The van der Waals surface area contributed by atoms with Crippen molar-refractivity contribution in [2.75, 3.05) is 26.9 Å². The van der Waals surface area contributed by atoms with Gasteiger partial charge in [0.25, 0.3) is 0 Å². The van der Waals surface area contributed by atoms with Crippen molar-refractivity contribution >= 4 is 5.78 Å². The summed E-state index contributed by atoms with van der Waals surface area (Å²) in [5.41, 5.74) is 1.87. The lowest BCUT2D eigenvalue weighted by molar-refractivity contribution is 0.101. The van der Waals surface area contributed by atoms with Crippen LogP contribution in [-0.2, 0) is 11.3 Å². The number of ketones is 1. The van der Waals surface area contributed by atoms with E-state index < -0.39 is 0 Å². The van der Waals surface area contributed by atoms with Crippen LogP contribution in [0.5, 0.6) is 5.75 Å². The molecule has 0 amide bonds. The van der Waals surface area contributed by atoms with Crippen LogP contribution in [-0.4, -0.2) is 43.6 Å². The number of carbonyl (C=O) groups excluding carboxylic acids is 1. The van der Waals surface area contributed by atoms with Crippen molar-refractivity contribution in [2.45, 2.75) is 38.8 Å². The molecule has 1 aromatic carbocycles. The van der Waals surface area contributed by atoms with Crippen LogP contribution in [0.1, 0.15) is 42.1 Å². The molecular weight excluding hydrogens is 278 g/mol. The minimum atomic E-state index is 0.103. The third-order valence-corrected chi connectivity index (χ3v) is 4.64. The largest absolute Gasteiger partial charge is 0.496 e. The van der Waals surface area contributed by atoms with E-state index in [0.29, 0.717) is 12.0 Å². The molecule has 0 bridgehead atoms. The van der Waals surface area contributed by atoms with Crippen molar-refractivity contribution in [3.63, 3.8) is 0 Å². The highest BCUT2D eigenvalue weighted by Gasteiger charge is 2.32. The van der Waals surface area contributed by atoms with Gasteiger partial charge in [0.2, 0.25) is 0 Å². The summed E-state index contributed by atoms with van der Waals surface area (Å²) in [5.74, 6) is 1.62. The van der Waals surface area contributed by atoms with Gasteiger partial charge in [-0.3, -0.25) is 9.69 Å². The third kappa shape index (κ3) is 3.68. The number of methoxy groups -OCH3 is 1. The molecular formula is C18H25NO3. The fourth-order valence-electron chi connectivity index (χ4n) is 3.18. The average Bonchev–Trinajstić information content (AvgIpc) is 3.24. The molecule has 3 rings (SSSR count). The second kappa shape index (κ2) is 6.80. The maximum absolute atomic E-state index is 11.6.